The Morgan fingerprint density at radius 1 is 0.718 bits per heavy atom. The minimum atomic E-state index is -1.35. The Bertz CT molecular complexity index is 1650. The first kappa shape index (κ1) is 23.6. The summed E-state index contributed by atoms with van der Waals surface area (Å²) >= 11 is 0. The summed E-state index contributed by atoms with van der Waals surface area (Å²) in [4.78, 5) is 44.8. The summed E-state index contributed by atoms with van der Waals surface area (Å²) in [5, 5.41) is 3.18. The number of hydrogen-bond acceptors (Lipinski definition) is 3. The molecule has 2 atom stereocenters. The quantitative estimate of drug-likeness (QED) is 0.353. The first-order valence-corrected chi connectivity index (χ1v) is 13.4. The molecular weight excluding hydrogens is 484 g/mol. The highest BCUT2D eigenvalue weighted by Gasteiger charge is 2.71. The minimum absolute atomic E-state index is 0.242. The molecule has 39 heavy (non-hydrogen) atoms. The molecular formula is C34H28N2O3. The Morgan fingerprint density at radius 3 is 1.95 bits per heavy atom. The van der Waals surface area contributed by atoms with E-state index in [0.29, 0.717) is 11.4 Å². The van der Waals surface area contributed by atoms with E-state index < -0.39 is 17.3 Å². The third-order valence-electron chi connectivity index (χ3n) is 8.72. The van der Waals surface area contributed by atoms with E-state index in [-0.39, 0.29) is 23.6 Å². The van der Waals surface area contributed by atoms with Gasteiger partial charge < -0.3 is 5.32 Å². The number of hydrogen-bond donors (Lipinski definition) is 1. The van der Waals surface area contributed by atoms with Crippen LogP contribution in [-0.4, -0.2) is 17.7 Å². The summed E-state index contributed by atoms with van der Waals surface area (Å²) in [6.07, 6.45) is 0. The smallest absolute Gasteiger partial charge is 0.240 e. The first-order valence-electron chi connectivity index (χ1n) is 13.4. The molecule has 1 fully saturated rings. The molecule has 0 aromatic heterocycles. The Labute approximate surface area is 227 Å². The van der Waals surface area contributed by atoms with Crippen molar-refractivity contribution in [1.82, 2.24) is 0 Å². The predicted octanol–water partition coefficient (Wildman–Crippen LogP) is 5.80. The number of anilines is 2. The van der Waals surface area contributed by atoms with Crippen molar-refractivity contribution in [2.45, 2.75) is 32.1 Å². The first-order chi connectivity index (χ1) is 18.8. The molecule has 0 unspecified atom stereocenters. The van der Waals surface area contributed by atoms with E-state index in [2.05, 4.69) is 11.4 Å². The summed E-state index contributed by atoms with van der Waals surface area (Å²) in [5.74, 6) is -2.68. The van der Waals surface area contributed by atoms with Gasteiger partial charge in [0.05, 0.1) is 17.5 Å². The Balaban J connectivity index is 1.49. The van der Waals surface area contributed by atoms with Gasteiger partial charge in [-0.2, -0.15) is 0 Å². The number of nitrogens with one attached hydrogen (secondary N) is 1. The molecule has 1 heterocycles. The molecule has 192 valence electrons. The molecule has 0 saturated carbocycles. The molecule has 2 bridgehead atoms. The van der Waals surface area contributed by atoms with Crippen molar-refractivity contribution in [3.63, 3.8) is 0 Å². The van der Waals surface area contributed by atoms with Gasteiger partial charge in [-0.05, 0) is 84.0 Å². The van der Waals surface area contributed by atoms with E-state index in [1.807, 2.05) is 99.6 Å². The van der Waals surface area contributed by atoms with Gasteiger partial charge in [0.15, 0.2) is 0 Å². The Hall–Kier alpha value is -4.51. The van der Waals surface area contributed by atoms with Gasteiger partial charge in [0.25, 0.3) is 0 Å². The summed E-state index contributed by atoms with van der Waals surface area (Å²) in [6.45, 7) is 5.92. The second-order valence-corrected chi connectivity index (χ2v) is 11.1. The van der Waals surface area contributed by atoms with Gasteiger partial charge in [-0.25, -0.2) is 4.90 Å². The predicted molar refractivity (Wildman–Crippen MR) is 151 cm³/mol. The maximum absolute atomic E-state index is 14.8. The van der Waals surface area contributed by atoms with Crippen LogP contribution in [0.1, 0.15) is 44.9 Å². The third-order valence-corrected chi connectivity index (χ3v) is 8.72. The van der Waals surface area contributed by atoms with E-state index in [4.69, 9.17) is 0 Å². The van der Waals surface area contributed by atoms with E-state index >= 15 is 0 Å². The number of nitrogens with zero attached hydrogens (tertiary/aromatic N) is 1. The number of rotatable bonds is 3. The molecule has 5 nitrogen and oxygen atoms in total. The Morgan fingerprint density at radius 2 is 1.33 bits per heavy atom. The molecule has 5 heteroatoms. The van der Waals surface area contributed by atoms with Crippen LogP contribution < -0.4 is 10.2 Å². The summed E-state index contributed by atoms with van der Waals surface area (Å²) in [7, 11) is 0. The van der Waals surface area contributed by atoms with Gasteiger partial charge in [-0.3, -0.25) is 14.4 Å². The highest BCUT2D eigenvalue weighted by atomic mass is 16.2. The van der Waals surface area contributed by atoms with Gasteiger partial charge in [0.2, 0.25) is 17.7 Å². The number of aryl methyl sites for hydroxylation is 3. The van der Waals surface area contributed by atoms with Crippen LogP contribution in [-0.2, 0) is 19.8 Å². The van der Waals surface area contributed by atoms with Crippen LogP contribution >= 0.6 is 0 Å². The second kappa shape index (κ2) is 8.24. The number of carbonyl (C=O) groups is 3. The summed E-state index contributed by atoms with van der Waals surface area (Å²) in [6, 6.07) is 29.1. The zero-order valence-corrected chi connectivity index (χ0v) is 22.1. The third kappa shape index (κ3) is 3.10. The zero-order chi connectivity index (χ0) is 27.1. The molecule has 4 aromatic rings. The topological polar surface area (TPSA) is 66.5 Å². The van der Waals surface area contributed by atoms with E-state index in [1.54, 1.807) is 6.07 Å². The van der Waals surface area contributed by atoms with Crippen LogP contribution in [0.5, 0.6) is 0 Å². The van der Waals surface area contributed by atoms with Crippen molar-refractivity contribution in [2.75, 3.05) is 10.2 Å². The molecule has 4 aromatic carbocycles. The highest BCUT2D eigenvalue weighted by molar-refractivity contribution is 6.26. The molecule has 1 N–H and O–H groups in total. The minimum Gasteiger partial charge on any atom is -0.325 e. The van der Waals surface area contributed by atoms with Crippen LogP contribution in [0.2, 0.25) is 0 Å². The summed E-state index contributed by atoms with van der Waals surface area (Å²) < 4.78 is 0. The van der Waals surface area contributed by atoms with E-state index in [9.17, 15) is 14.4 Å². The largest absolute Gasteiger partial charge is 0.325 e. The lowest BCUT2D eigenvalue weighted by Crippen LogP contribution is -2.59. The molecule has 0 radical (unpaired) electrons. The molecule has 0 spiro atoms. The fourth-order valence-electron chi connectivity index (χ4n) is 7.46. The van der Waals surface area contributed by atoms with Gasteiger partial charge in [0.1, 0.15) is 5.41 Å². The SMILES string of the molecule is Cc1cc(C)cc(NC(=O)C23c4ccccc4C(c4ccccc42)[C@@H]2C(=O)N(c4cccc(C)c4)C(=O)[C@H]23)c1. The lowest BCUT2D eigenvalue weighted by atomic mass is 9.47. The van der Waals surface area contributed by atoms with Crippen molar-refractivity contribution in [1.29, 1.82) is 0 Å². The van der Waals surface area contributed by atoms with Crippen molar-refractivity contribution in [3.8, 4) is 0 Å². The summed E-state index contributed by atoms with van der Waals surface area (Å²) in [5.41, 5.74) is 6.41. The van der Waals surface area contributed by atoms with E-state index in [0.717, 1.165) is 38.9 Å². The van der Waals surface area contributed by atoms with Gasteiger partial charge in [-0.15, -0.1) is 0 Å². The van der Waals surface area contributed by atoms with Gasteiger partial charge in [0, 0.05) is 11.6 Å². The molecule has 8 rings (SSSR count). The fourth-order valence-corrected chi connectivity index (χ4v) is 7.46. The normalized spacial score (nSPS) is 24.3. The average Bonchev–Trinajstić information content (AvgIpc) is 3.18. The standard InChI is InChI=1S/C34H28N2O3/c1-19-9-8-10-23(18-19)36-31(37)29-28-24-11-4-6-13-26(24)34(30(29)32(36)38,27-14-7-5-12-25(27)28)33(39)35-22-16-20(2)15-21(3)17-22/h4-18,28-30H,1-3H3,(H,35,39)/t28?,29-,30-,34?/m0/s1. The zero-order valence-electron chi connectivity index (χ0n) is 22.1. The van der Waals surface area contributed by atoms with Crippen molar-refractivity contribution < 1.29 is 14.4 Å². The number of imide groups is 1. The van der Waals surface area contributed by atoms with Crippen molar-refractivity contribution >= 4 is 29.1 Å². The maximum Gasteiger partial charge on any atom is 0.240 e. The molecule has 1 saturated heterocycles. The maximum atomic E-state index is 14.8. The Kier molecular flexibility index (Phi) is 4.99. The lowest BCUT2D eigenvalue weighted by molar-refractivity contribution is -0.132. The van der Waals surface area contributed by atoms with Gasteiger partial charge >= 0.3 is 0 Å². The number of benzene rings is 4. The van der Waals surface area contributed by atoms with Crippen LogP contribution in [0, 0.1) is 32.6 Å². The monoisotopic (exact) mass is 512 g/mol. The average molecular weight is 513 g/mol. The van der Waals surface area contributed by atoms with E-state index in [1.165, 1.54) is 4.90 Å². The molecule has 3 amide bonds. The van der Waals surface area contributed by atoms with Crippen LogP contribution in [0.25, 0.3) is 0 Å². The van der Waals surface area contributed by atoms with Crippen molar-refractivity contribution in [3.05, 3.63) is 130 Å². The fraction of sp³-hybridized carbons (Fsp3) is 0.206. The van der Waals surface area contributed by atoms with Crippen LogP contribution in [0.4, 0.5) is 11.4 Å². The van der Waals surface area contributed by atoms with Crippen LogP contribution in [0.3, 0.4) is 0 Å². The molecule has 3 aliphatic carbocycles. The second-order valence-electron chi connectivity index (χ2n) is 11.1. The molecule has 1 aliphatic heterocycles. The lowest BCUT2D eigenvalue weighted by Gasteiger charge is -2.52. The highest BCUT2D eigenvalue weighted by Crippen LogP contribution is 2.64. The van der Waals surface area contributed by atoms with Gasteiger partial charge in [-0.1, -0.05) is 66.7 Å². The number of amides is 3. The van der Waals surface area contributed by atoms with Crippen molar-refractivity contribution in [2.24, 2.45) is 11.8 Å². The van der Waals surface area contributed by atoms with Crippen LogP contribution in [0.15, 0.2) is 91.0 Å². The molecule has 4 aliphatic rings. The number of carbonyl (C=O) groups excluding carboxylic acids is 3.